The second kappa shape index (κ2) is 10.2. The summed E-state index contributed by atoms with van der Waals surface area (Å²) in [5, 5.41) is 6.35. The number of rotatable bonds is 8. The van der Waals surface area contributed by atoms with Crippen LogP contribution in [0.5, 0.6) is 5.75 Å². The van der Waals surface area contributed by atoms with Gasteiger partial charge in [-0.15, -0.1) is 12.4 Å². The molecule has 1 heterocycles. The molecular weight excluding hydrogens is 348 g/mol. The number of amides is 1. The molecule has 0 atom stereocenters. The van der Waals surface area contributed by atoms with Crippen LogP contribution < -0.4 is 15.4 Å². The number of carbonyl (C=O) groups excluding carboxylic acids is 1. The molecule has 1 amide bonds. The number of hydrogen-bond donors (Lipinski definition) is 2. The van der Waals surface area contributed by atoms with E-state index in [0.717, 1.165) is 49.4 Å². The molecule has 0 saturated carbocycles. The van der Waals surface area contributed by atoms with E-state index in [2.05, 4.69) is 35.8 Å². The lowest BCUT2D eigenvalue weighted by Crippen LogP contribution is -2.23. The minimum absolute atomic E-state index is 0. The summed E-state index contributed by atoms with van der Waals surface area (Å²) in [6.07, 6.45) is 2.25. The molecular formula is C21H27ClN2O2. The number of halogens is 1. The van der Waals surface area contributed by atoms with Gasteiger partial charge in [-0.1, -0.05) is 37.3 Å². The zero-order valence-electron chi connectivity index (χ0n) is 15.2. The summed E-state index contributed by atoms with van der Waals surface area (Å²) in [4.78, 5) is 12.1. The van der Waals surface area contributed by atoms with Crippen LogP contribution in [0.3, 0.4) is 0 Å². The minimum Gasteiger partial charge on any atom is -0.494 e. The largest absolute Gasteiger partial charge is 0.494 e. The lowest BCUT2D eigenvalue weighted by molar-refractivity contribution is -0.121. The molecule has 0 unspecified atom stereocenters. The van der Waals surface area contributed by atoms with E-state index in [1.807, 2.05) is 24.3 Å². The van der Waals surface area contributed by atoms with Gasteiger partial charge in [-0.05, 0) is 47.2 Å². The molecule has 2 aromatic rings. The molecule has 2 aromatic carbocycles. The summed E-state index contributed by atoms with van der Waals surface area (Å²) in [7, 11) is 0. The number of fused-ring (bicyclic) bond motifs is 1. The van der Waals surface area contributed by atoms with E-state index in [1.54, 1.807) is 0 Å². The van der Waals surface area contributed by atoms with Crippen LogP contribution in [-0.4, -0.2) is 12.5 Å². The fourth-order valence-electron chi connectivity index (χ4n) is 2.98. The van der Waals surface area contributed by atoms with Crippen molar-refractivity contribution < 1.29 is 9.53 Å². The summed E-state index contributed by atoms with van der Waals surface area (Å²) in [6, 6.07) is 14.4. The molecule has 1 aliphatic heterocycles. The molecule has 5 heteroatoms. The maximum Gasteiger partial charge on any atom is 0.220 e. The maximum atomic E-state index is 12.1. The van der Waals surface area contributed by atoms with Crippen molar-refractivity contribution in [3.05, 3.63) is 64.7 Å². The maximum absolute atomic E-state index is 12.1. The third-order valence-electron chi connectivity index (χ3n) is 4.43. The first-order valence-electron chi connectivity index (χ1n) is 9.04. The predicted molar refractivity (Wildman–Crippen MR) is 107 cm³/mol. The van der Waals surface area contributed by atoms with Crippen LogP contribution >= 0.6 is 12.4 Å². The standard InChI is InChI=1S/C21H26N2O2.ClH/c1-2-11-25-20-8-4-16(5-9-20)6-10-21(24)23-13-17-3-7-18-14-22-15-19(18)12-17;/h3-5,7-9,12,22H,2,6,10-11,13-15H2,1H3,(H,23,24);1H. The van der Waals surface area contributed by atoms with Gasteiger partial charge in [0.25, 0.3) is 0 Å². The van der Waals surface area contributed by atoms with E-state index >= 15 is 0 Å². The SMILES string of the molecule is CCCOc1ccc(CCC(=O)NCc2ccc3c(c2)CNC3)cc1.Cl. The molecule has 140 valence electrons. The van der Waals surface area contributed by atoms with Crippen LogP contribution in [0.15, 0.2) is 42.5 Å². The van der Waals surface area contributed by atoms with Crippen molar-refractivity contribution in [3.63, 3.8) is 0 Å². The van der Waals surface area contributed by atoms with Crippen LogP contribution in [0.1, 0.15) is 42.0 Å². The van der Waals surface area contributed by atoms with Crippen molar-refractivity contribution in [2.24, 2.45) is 0 Å². The fourth-order valence-corrected chi connectivity index (χ4v) is 2.98. The second-order valence-corrected chi connectivity index (χ2v) is 6.48. The van der Waals surface area contributed by atoms with Gasteiger partial charge in [0, 0.05) is 26.1 Å². The number of benzene rings is 2. The monoisotopic (exact) mass is 374 g/mol. The Balaban J connectivity index is 0.00000243. The first-order chi connectivity index (χ1) is 12.2. The van der Waals surface area contributed by atoms with Gasteiger partial charge < -0.3 is 15.4 Å². The average Bonchev–Trinajstić information content (AvgIpc) is 3.11. The Hall–Kier alpha value is -2.04. The van der Waals surface area contributed by atoms with E-state index in [4.69, 9.17) is 4.74 Å². The first kappa shape index (κ1) is 20.3. The highest BCUT2D eigenvalue weighted by Gasteiger charge is 2.10. The Morgan fingerprint density at radius 2 is 1.81 bits per heavy atom. The topological polar surface area (TPSA) is 50.4 Å². The Labute approximate surface area is 161 Å². The van der Waals surface area contributed by atoms with Crippen LogP contribution in [0.25, 0.3) is 0 Å². The fraction of sp³-hybridized carbons (Fsp3) is 0.381. The number of aryl methyl sites for hydroxylation is 1. The summed E-state index contributed by atoms with van der Waals surface area (Å²) in [5.74, 6) is 0.978. The molecule has 0 radical (unpaired) electrons. The predicted octanol–water partition coefficient (Wildman–Crippen LogP) is 3.75. The third kappa shape index (κ3) is 5.75. The lowest BCUT2D eigenvalue weighted by atomic mass is 10.1. The van der Waals surface area contributed by atoms with Crippen LogP contribution in [0.2, 0.25) is 0 Å². The summed E-state index contributed by atoms with van der Waals surface area (Å²) in [6.45, 7) is 5.29. The van der Waals surface area contributed by atoms with Gasteiger partial charge >= 0.3 is 0 Å². The van der Waals surface area contributed by atoms with Crippen molar-refractivity contribution >= 4 is 18.3 Å². The molecule has 1 aliphatic rings. The van der Waals surface area contributed by atoms with Crippen molar-refractivity contribution in [3.8, 4) is 5.75 Å². The van der Waals surface area contributed by atoms with Gasteiger partial charge in [0.2, 0.25) is 5.91 Å². The smallest absolute Gasteiger partial charge is 0.220 e. The van der Waals surface area contributed by atoms with Crippen LogP contribution in [-0.2, 0) is 30.8 Å². The minimum atomic E-state index is 0. The number of hydrogen-bond acceptors (Lipinski definition) is 3. The number of ether oxygens (including phenoxy) is 1. The Bertz CT molecular complexity index is 716. The van der Waals surface area contributed by atoms with E-state index in [-0.39, 0.29) is 18.3 Å². The van der Waals surface area contributed by atoms with Crippen molar-refractivity contribution in [1.29, 1.82) is 0 Å². The zero-order chi connectivity index (χ0) is 17.5. The molecule has 26 heavy (non-hydrogen) atoms. The van der Waals surface area contributed by atoms with E-state index in [1.165, 1.54) is 11.1 Å². The van der Waals surface area contributed by atoms with Gasteiger partial charge in [-0.3, -0.25) is 4.79 Å². The van der Waals surface area contributed by atoms with Gasteiger partial charge in [0.05, 0.1) is 6.61 Å². The molecule has 2 N–H and O–H groups in total. The highest BCUT2D eigenvalue weighted by molar-refractivity contribution is 5.85. The van der Waals surface area contributed by atoms with Gasteiger partial charge in [0.15, 0.2) is 0 Å². The van der Waals surface area contributed by atoms with Crippen LogP contribution in [0, 0.1) is 0 Å². The highest BCUT2D eigenvalue weighted by atomic mass is 35.5. The zero-order valence-corrected chi connectivity index (χ0v) is 16.0. The summed E-state index contributed by atoms with van der Waals surface area (Å²) >= 11 is 0. The van der Waals surface area contributed by atoms with Crippen molar-refractivity contribution in [1.82, 2.24) is 10.6 Å². The van der Waals surface area contributed by atoms with Gasteiger partial charge in [0.1, 0.15) is 5.75 Å². The van der Waals surface area contributed by atoms with E-state index < -0.39 is 0 Å². The molecule has 3 rings (SSSR count). The van der Waals surface area contributed by atoms with Crippen LogP contribution in [0.4, 0.5) is 0 Å². The first-order valence-corrected chi connectivity index (χ1v) is 9.04. The lowest BCUT2D eigenvalue weighted by Gasteiger charge is -2.08. The normalized spacial score (nSPS) is 12.2. The van der Waals surface area contributed by atoms with Gasteiger partial charge in [-0.2, -0.15) is 0 Å². The summed E-state index contributed by atoms with van der Waals surface area (Å²) < 4.78 is 5.57. The van der Waals surface area contributed by atoms with Gasteiger partial charge in [-0.25, -0.2) is 0 Å². The van der Waals surface area contributed by atoms with Crippen molar-refractivity contribution in [2.45, 2.75) is 45.8 Å². The highest BCUT2D eigenvalue weighted by Crippen LogP contribution is 2.17. The Morgan fingerprint density at radius 1 is 1.08 bits per heavy atom. The Morgan fingerprint density at radius 3 is 2.58 bits per heavy atom. The molecule has 0 spiro atoms. The molecule has 0 aromatic heterocycles. The average molecular weight is 375 g/mol. The molecule has 0 aliphatic carbocycles. The summed E-state index contributed by atoms with van der Waals surface area (Å²) in [5.41, 5.74) is 5.02. The molecule has 0 saturated heterocycles. The molecule has 0 fully saturated rings. The van der Waals surface area contributed by atoms with E-state index in [9.17, 15) is 4.79 Å². The number of carbonyl (C=O) groups is 1. The molecule has 4 nitrogen and oxygen atoms in total. The van der Waals surface area contributed by atoms with E-state index in [0.29, 0.717) is 13.0 Å². The van der Waals surface area contributed by atoms with Crippen molar-refractivity contribution in [2.75, 3.05) is 6.61 Å². The molecule has 0 bridgehead atoms. The number of nitrogens with one attached hydrogen (secondary N) is 2. The quantitative estimate of drug-likeness (QED) is 0.739. The Kier molecular flexibility index (Phi) is 7.95. The second-order valence-electron chi connectivity index (χ2n) is 6.48. The third-order valence-corrected chi connectivity index (χ3v) is 4.43.